The van der Waals surface area contributed by atoms with Gasteiger partial charge in [-0.3, -0.25) is 4.79 Å². The molecule has 2 heterocycles. The molecule has 30 heavy (non-hydrogen) atoms. The highest BCUT2D eigenvalue weighted by Crippen LogP contribution is 2.53. The average Bonchev–Trinajstić information content (AvgIpc) is 3.02. The Kier molecular flexibility index (Phi) is 4.11. The first-order chi connectivity index (χ1) is 14.4. The summed E-state index contributed by atoms with van der Waals surface area (Å²) in [4.78, 5) is 16.1. The SMILES string of the molecule is CC(C)(C)c1ccc2c(c1)C1(c3ccccc3)C(=O)N(CC=CO2)c2ccccc21. The van der Waals surface area contributed by atoms with Crippen LogP contribution in [-0.2, 0) is 15.6 Å². The lowest BCUT2D eigenvalue weighted by atomic mass is 9.68. The van der Waals surface area contributed by atoms with E-state index in [0.29, 0.717) is 6.54 Å². The molecule has 0 radical (unpaired) electrons. The largest absolute Gasteiger partial charge is 0.465 e. The van der Waals surface area contributed by atoms with E-state index in [2.05, 4.69) is 51.1 Å². The number of carbonyl (C=O) groups is 1. The number of carbonyl (C=O) groups excluding carboxylic acids is 1. The second-order valence-electron chi connectivity index (χ2n) is 9.00. The number of anilines is 1. The Hall–Kier alpha value is -3.33. The van der Waals surface area contributed by atoms with Crippen molar-refractivity contribution in [3.63, 3.8) is 0 Å². The Morgan fingerprint density at radius 1 is 0.900 bits per heavy atom. The molecular weight excluding hydrogens is 370 g/mol. The van der Waals surface area contributed by atoms with Gasteiger partial charge in [-0.2, -0.15) is 0 Å². The fourth-order valence-corrected chi connectivity index (χ4v) is 4.68. The van der Waals surface area contributed by atoms with Crippen molar-refractivity contribution < 1.29 is 9.53 Å². The molecule has 0 spiro atoms. The second-order valence-corrected chi connectivity index (χ2v) is 9.00. The highest BCUT2D eigenvalue weighted by Gasteiger charge is 2.54. The second kappa shape index (κ2) is 6.60. The molecule has 5 rings (SSSR count). The van der Waals surface area contributed by atoms with Crippen molar-refractivity contribution in [3.8, 4) is 5.75 Å². The Morgan fingerprint density at radius 2 is 1.63 bits per heavy atom. The number of rotatable bonds is 1. The summed E-state index contributed by atoms with van der Waals surface area (Å²) in [5.74, 6) is 0.785. The highest BCUT2D eigenvalue weighted by molar-refractivity contribution is 6.13. The lowest BCUT2D eigenvalue weighted by Gasteiger charge is -2.32. The summed E-state index contributed by atoms with van der Waals surface area (Å²) in [5.41, 5.74) is 4.00. The van der Waals surface area contributed by atoms with Crippen LogP contribution in [0.4, 0.5) is 5.69 Å². The summed E-state index contributed by atoms with van der Waals surface area (Å²) in [6.07, 6.45) is 3.60. The third kappa shape index (κ3) is 2.55. The van der Waals surface area contributed by atoms with E-state index in [-0.39, 0.29) is 11.3 Å². The molecule has 1 amide bonds. The van der Waals surface area contributed by atoms with Gasteiger partial charge in [0.2, 0.25) is 5.91 Å². The summed E-state index contributed by atoms with van der Waals surface area (Å²) in [6, 6.07) is 24.5. The van der Waals surface area contributed by atoms with Crippen LogP contribution in [0.2, 0.25) is 0 Å². The fraction of sp³-hybridized carbons (Fsp3) is 0.222. The minimum absolute atomic E-state index is 0.0535. The van der Waals surface area contributed by atoms with Gasteiger partial charge < -0.3 is 9.64 Å². The molecule has 2 aliphatic heterocycles. The monoisotopic (exact) mass is 395 g/mol. The van der Waals surface area contributed by atoms with E-state index >= 15 is 0 Å². The van der Waals surface area contributed by atoms with Gasteiger partial charge in [-0.15, -0.1) is 0 Å². The zero-order chi connectivity index (χ0) is 20.9. The third-order valence-corrected chi connectivity index (χ3v) is 6.20. The Balaban J connectivity index is 1.94. The number of hydrogen-bond donors (Lipinski definition) is 0. The number of ether oxygens (including phenoxy) is 1. The van der Waals surface area contributed by atoms with Crippen LogP contribution in [0.3, 0.4) is 0 Å². The van der Waals surface area contributed by atoms with Crippen LogP contribution in [0.25, 0.3) is 0 Å². The number of fused-ring (bicyclic) bond motifs is 7. The Bertz CT molecular complexity index is 1160. The first kappa shape index (κ1) is 18.7. The van der Waals surface area contributed by atoms with Gasteiger partial charge in [-0.25, -0.2) is 0 Å². The van der Waals surface area contributed by atoms with Crippen LogP contribution in [-0.4, -0.2) is 12.5 Å². The van der Waals surface area contributed by atoms with E-state index in [4.69, 9.17) is 4.74 Å². The predicted molar refractivity (Wildman–Crippen MR) is 120 cm³/mol. The molecular formula is C27H25NO2. The molecule has 1 atom stereocenters. The molecule has 0 N–H and O–H groups in total. The van der Waals surface area contributed by atoms with Crippen molar-refractivity contribution in [1.29, 1.82) is 0 Å². The summed E-state index contributed by atoms with van der Waals surface area (Å²) in [6.45, 7) is 7.05. The van der Waals surface area contributed by atoms with Crippen LogP contribution in [0, 0.1) is 0 Å². The van der Waals surface area contributed by atoms with Gasteiger partial charge in [0.05, 0.1) is 6.26 Å². The quantitative estimate of drug-likeness (QED) is 0.539. The zero-order valence-corrected chi connectivity index (χ0v) is 17.6. The van der Waals surface area contributed by atoms with Crippen LogP contribution in [0.15, 0.2) is 85.1 Å². The molecule has 0 fully saturated rings. The molecule has 3 aromatic carbocycles. The predicted octanol–water partition coefficient (Wildman–Crippen LogP) is 5.57. The molecule has 0 saturated heterocycles. The molecule has 3 heteroatoms. The van der Waals surface area contributed by atoms with Gasteiger partial charge in [-0.1, -0.05) is 75.4 Å². The summed E-state index contributed by atoms with van der Waals surface area (Å²) < 4.78 is 6.08. The fourth-order valence-electron chi connectivity index (χ4n) is 4.68. The van der Waals surface area contributed by atoms with E-state index in [1.54, 1.807) is 6.26 Å². The molecule has 0 aliphatic carbocycles. The van der Waals surface area contributed by atoms with Crippen LogP contribution < -0.4 is 9.64 Å². The topological polar surface area (TPSA) is 29.5 Å². The smallest absolute Gasteiger partial charge is 0.247 e. The maximum atomic E-state index is 14.3. The first-order valence-corrected chi connectivity index (χ1v) is 10.4. The number of nitrogens with zero attached hydrogens (tertiary/aromatic N) is 1. The van der Waals surface area contributed by atoms with Crippen LogP contribution >= 0.6 is 0 Å². The van der Waals surface area contributed by atoms with Crippen molar-refractivity contribution in [1.82, 2.24) is 0 Å². The van der Waals surface area contributed by atoms with Gasteiger partial charge in [0.15, 0.2) is 0 Å². The highest BCUT2D eigenvalue weighted by atomic mass is 16.5. The minimum Gasteiger partial charge on any atom is -0.465 e. The van der Waals surface area contributed by atoms with Crippen LogP contribution in [0.5, 0.6) is 5.75 Å². The molecule has 150 valence electrons. The number of amides is 1. The van der Waals surface area contributed by atoms with Gasteiger partial charge in [0.1, 0.15) is 11.2 Å². The van der Waals surface area contributed by atoms with Crippen LogP contribution in [0.1, 0.15) is 43.0 Å². The Labute approximate surface area is 177 Å². The standard InChI is InChI=1S/C27H25NO2/c1-26(2,3)20-14-15-24-22(18-20)27(19-10-5-4-6-11-19)21-12-7-8-13-23(21)28(25(27)29)16-9-17-30-24/h4-15,17-18H,16H2,1-3H3. The number of hydrogen-bond acceptors (Lipinski definition) is 2. The molecule has 0 aromatic heterocycles. The maximum absolute atomic E-state index is 14.3. The summed E-state index contributed by atoms with van der Waals surface area (Å²) >= 11 is 0. The summed E-state index contributed by atoms with van der Waals surface area (Å²) in [5, 5.41) is 0. The lowest BCUT2D eigenvalue weighted by Crippen LogP contribution is -2.42. The van der Waals surface area contributed by atoms with E-state index in [1.165, 1.54) is 5.56 Å². The zero-order valence-electron chi connectivity index (χ0n) is 17.6. The van der Waals surface area contributed by atoms with Gasteiger partial charge >= 0.3 is 0 Å². The first-order valence-electron chi connectivity index (χ1n) is 10.4. The van der Waals surface area contributed by atoms with Gasteiger partial charge in [0, 0.05) is 23.4 Å². The molecule has 2 bridgehead atoms. The van der Waals surface area contributed by atoms with Gasteiger partial charge in [-0.05, 0) is 40.8 Å². The van der Waals surface area contributed by atoms with E-state index < -0.39 is 5.41 Å². The molecule has 3 nitrogen and oxygen atoms in total. The third-order valence-electron chi connectivity index (χ3n) is 6.20. The normalized spacial score (nSPS) is 20.0. The van der Waals surface area contributed by atoms with Gasteiger partial charge in [0.25, 0.3) is 0 Å². The summed E-state index contributed by atoms with van der Waals surface area (Å²) in [7, 11) is 0. The lowest BCUT2D eigenvalue weighted by molar-refractivity contribution is -0.120. The maximum Gasteiger partial charge on any atom is 0.247 e. The van der Waals surface area contributed by atoms with E-state index in [9.17, 15) is 4.79 Å². The molecule has 1 unspecified atom stereocenters. The molecule has 2 aliphatic rings. The molecule has 3 aromatic rings. The number of para-hydroxylation sites is 1. The van der Waals surface area contributed by atoms with Crippen molar-refractivity contribution in [3.05, 3.63) is 107 Å². The Morgan fingerprint density at radius 3 is 2.40 bits per heavy atom. The van der Waals surface area contributed by atoms with E-state index in [1.807, 2.05) is 53.4 Å². The average molecular weight is 396 g/mol. The van der Waals surface area contributed by atoms with Crippen molar-refractivity contribution in [2.45, 2.75) is 31.6 Å². The minimum atomic E-state index is -0.944. The van der Waals surface area contributed by atoms with Crippen molar-refractivity contribution in [2.75, 3.05) is 11.4 Å². The van der Waals surface area contributed by atoms with E-state index in [0.717, 1.165) is 28.1 Å². The van der Waals surface area contributed by atoms with Crippen molar-refractivity contribution in [2.24, 2.45) is 0 Å². The van der Waals surface area contributed by atoms with Crippen molar-refractivity contribution >= 4 is 11.6 Å². The number of benzene rings is 3. The molecule has 0 saturated carbocycles.